The number of aromatic nitrogens is 2. The summed E-state index contributed by atoms with van der Waals surface area (Å²) in [5, 5.41) is 11.9. The molecule has 2 heterocycles. The molecule has 3 aromatic rings. The maximum absolute atomic E-state index is 12.5. The fourth-order valence-electron chi connectivity index (χ4n) is 3.01. The lowest BCUT2D eigenvalue weighted by Gasteiger charge is -2.30. The highest BCUT2D eigenvalue weighted by Gasteiger charge is 2.18. The fraction of sp³-hybridized carbons (Fsp3) is 0.250. The molecule has 1 aliphatic heterocycles. The standard InChI is InChI=1S/C20H18BrClN4O3S/c21-15-4-2-1-3-14(15)19-24-25-20(29-19)30-12-18(27)23-16-11-13(22)5-6-17(16)26-7-9-28-10-8-26/h1-6,11H,7-10,12H2,(H,23,27). The number of hydrogen-bond donors (Lipinski definition) is 1. The molecule has 1 N–H and O–H groups in total. The number of nitrogens with one attached hydrogen (secondary N) is 1. The van der Waals surface area contributed by atoms with E-state index in [0.717, 1.165) is 28.8 Å². The number of hydrogen-bond acceptors (Lipinski definition) is 7. The molecular weight excluding hydrogens is 492 g/mol. The highest BCUT2D eigenvalue weighted by molar-refractivity contribution is 9.10. The van der Waals surface area contributed by atoms with Crippen molar-refractivity contribution >= 4 is 56.6 Å². The van der Waals surface area contributed by atoms with Crippen molar-refractivity contribution in [2.24, 2.45) is 0 Å². The molecule has 4 rings (SSSR count). The molecule has 7 nitrogen and oxygen atoms in total. The van der Waals surface area contributed by atoms with Crippen molar-refractivity contribution in [1.82, 2.24) is 10.2 Å². The lowest BCUT2D eigenvalue weighted by Crippen LogP contribution is -2.36. The molecule has 0 radical (unpaired) electrons. The monoisotopic (exact) mass is 508 g/mol. The van der Waals surface area contributed by atoms with Gasteiger partial charge in [-0.1, -0.05) is 35.5 Å². The van der Waals surface area contributed by atoms with Crippen LogP contribution in [0.15, 0.2) is 56.6 Å². The number of thioether (sulfide) groups is 1. The Morgan fingerprint density at radius 2 is 2.00 bits per heavy atom. The van der Waals surface area contributed by atoms with E-state index in [1.54, 1.807) is 6.07 Å². The number of carbonyl (C=O) groups excluding carboxylic acids is 1. The molecule has 30 heavy (non-hydrogen) atoms. The Kier molecular flexibility index (Phi) is 6.93. The van der Waals surface area contributed by atoms with Crippen LogP contribution >= 0.6 is 39.3 Å². The maximum atomic E-state index is 12.5. The zero-order valence-corrected chi connectivity index (χ0v) is 19.0. The van der Waals surface area contributed by atoms with E-state index in [-0.39, 0.29) is 11.7 Å². The van der Waals surface area contributed by atoms with Crippen molar-refractivity contribution in [3.63, 3.8) is 0 Å². The minimum Gasteiger partial charge on any atom is -0.411 e. The molecule has 0 atom stereocenters. The van der Waals surface area contributed by atoms with E-state index in [9.17, 15) is 4.79 Å². The molecule has 1 saturated heterocycles. The Morgan fingerprint density at radius 1 is 1.20 bits per heavy atom. The van der Waals surface area contributed by atoms with Gasteiger partial charge in [-0.25, -0.2) is 0 Å². The minimum absolute atomic E-state index is 0.132. The second-order valence-electron chi connectivity index (χ2n) is 6.45. The quantitative estimate of drug-likeness (QED) is 0.482. The van der Waals surface area contributed by atoms with Gasteiger partial charge in [0.05, 0.1) is 35.9 Å². The second kappa shape index (κ2) is 9.82. The predicted octanol–water partition coefficient (Wildman–Crippen LogP) is 4.72. The van der Waals surface area contributed by atoms with Crippen molar-refractivity contribution in [3.8, 4) is 11.5 Å². The first-order valence-corrected chi connectivity index (χ1v) is 11.4. The number of benzene rings is 2. The van der Waals surface area contributed by atoms with Crippen LogP contribution in [0.2, 0.25) is 5.02 Å². The number of nitrogens with zero attached hydrogens (tertiary/aromatic N) is 3. The van der Waals surface area contributed by atoms with E-state index >= 15 is 0 Å². The Morgan fingerprint density at radius 3 is 2.80 bits per heavy atom. The molecule has 1 fully saturated rings. The molecule has 1 aliphatic rings. The Balaban J connectivity index is 1.40. The number of rotatable bonds is 6. The van der Waals surface area contributed by atoms with Gasteiger partial charge in [0, 0.05) is 22.6 Å². The van der Waals surface area contributed by atoms with Gasteiger partial charge in [0.2, 0.25) is 11.8 Å². The number of carbonyl (C=O) groups is 1. The summed E-state index contributed by atoms with van der Waals surface area (Å²) in [6, 6.07) is 13.1. The minimum atomic E-state index is -0.183. The number of amides is 1. The molecule has 0 bridgehead atoms. The molecule has 0 spiro atoms. The van der Waals surface area contributed by atoms with Crippen LogP contribution in [-0.4, -0.2) is 48.2 Å². The van der Waals surface area contributed by atoms with E-state index in [2.05, 4.69) is 36.3 Å². The van der Waals surface area contributed by atoms with Crippen molar-refractivity contribution < 1.29 is 13.9 Å². The average molecular weight is 510 g/mol. The van der Waals surface area contributed by atoms with E-state index < -0.39 is 0 Å². The summed E-state index contributed by atoms with van der Waals surface area (Å²) in [5.74, 6) is 0.347. The molecule has 2 aromatic carbocycles. The van der Waals surface area contributed by atoms with E-state index in [4.69, 9.17) is 20.8 Å². The first-order chi connectivity index (χ1) is 14.6. The van der Waals surface area contributed by atoms with E-state index in [1.807, 2.05) is 36.4 Å². The van der Waals surface area contributed by atoms with Gasteiger partial charge in [0.15, 0.2) is 0 Å². The van der Waals surface area contributed by atoms with Crippen LogP contribution in [0.4, 0.5) is 11.4 Å². The fourth-order valence-corrected chi connectivity index (χ4v) is 4.20. The first-order valence-electron chi connectivity index (χ1n) is 9.23. The number of morpholine rings is 1. The molecule has 156 valence electrons. The third-order valence-electron chi connectivity index (χ3n) is 4.42. The van der Waals surface area contributed by atoms with Crippen LogP contribution in [0.5, 0.6) is 0 Å². The van der Waals surface area contributed by atoms with Crippen molar-refractivity contribution in [3.05, 3.63) is 52.0 Å². The summed E-state index contributed by atoms with van der Waals surface area (Å²) in [5.41, 5.74) is 2.40. The van der Waals surface area contributed by atoms with Crippen LogP contribution in [0.3, 0.4) is 0 Å². The molecular formula is C20H18BrClN4O3S. The van der Waals surface area contributed by atoms with E-state index in [0.29, 0.717) is 35.0 Å². The topological polar surface area (TPSA) is 80.5 Å². The predicted molar refractivity (Wildman–Crippen MR) is 121 cm³/mol. The molecule has 0 aliphatic carbocycles. The van der Waals surface area contributed by atoms with Crippen LogP contribution in [0, 0.1) is 0 Å². The van der Waals surface area contributed by atoms with Gasteiger partial charge in [-0.15, -0.1) is 10.2 Å². The highest BCUT2D eigenvalue weighted by Crippen LogP contribution is 2.31. The lowest BCUT2D eigenvalue weighted by atomic mass is 10.2. The molecule has 10 heteroatoms. The zero-order chi connectivity index (χ0) is 20.9. The summed E-state index contributed by atoms with van der Waals surface area (Å²) in [6.07, 6.45) is 0. The molecule has 1 aromatic heterocycles. The number of halogens is 2. The van der Waals surface area contributed by atoms with Crippen LogP contribution in [-0.2, 0) is 9.53 Å². The Hall–Kier alpha value is -2.07. The zero-order valence-electron chi connectivity index (χ0n) is 15.8. The summed E-state index contributed by atoms with van der Waals surface area (Å²) in [6.45, 7) is 2.84. The third kappa shape index (κ3) is 5.15. The third-order valence-corrected chi connectivity index (χ3v) is 6.17. The van der Waals surface area contributed by atoms with Crippen molar-refractivity contribution in [2.45, 2.75) is 5.22 Å². The largest absolute Gasteiger partial charge is 0.411 e. The van der Waals surface area contributed by atoms with Gasteiger partial charge in [0.1, 0.15) is 0 Å². The average Bonchev–Trinajstić information content (AvgIpc) is 3.22. The molecule has 0 unspecified atom stereocenters. The Bertz CT molecular complexity index is 1040. The summed E-state index contributed by atoms with van der Waals surface area (Å²) < 4.78 is 11.9. The lowest BCUT2D eigenvalue weighted by molar-refractivity contribution is -0.113. The maximum Gasteiger partial charge on any atom is 0.277 e. The van der Waals surface area contributed by atoms with Crippen molar-refractivity contribution in [2.75, 3.05) is 42.3 Å². The highest BCUT2D eigenvalue weighted by atomic mass is 79.9. The SMILES string of the molecule is O=C(CSc1nnc(-c2ccccc2Br)o1)Nc1cc(Cl)ccc1N1CCOCC1. The molecule has 1 amide bonds. The smallest absolute Gasteiger partial charge is 0.277 e. The van der Waals surface area contributed by atoms with Crippen LogP contribution in [0.1, 0.15) is 0 Å². The number of ether oxygens (including phenoxy) is 1. The summed E-state index contributed by atoms with van der Waals surface area (Å²) in [4.78, 5) is 14.7. The van der Waals surface area contributed by atoms with E-state index in [1.165, 1.54) is 11.8 Å². The first kappa shape index (κ1) is 21.2. The van der Waals surface area contributed by atoms with Gasteiger partial charge >= 0.3 is 0 Å². The van der Waals surface area contributed by atoms with Crippen molar-refractivity contribution in [1.29, 1.82) is 0 Å². The van der Waals surface area contributed by atoms with Gasteiger partial charge in [-0.3, -0.25) is 4.79 Å². The van der Waals surface area contributed by atoms with Crippen LogP contribution in [0.25, 0.3) is 11.5 Å². The van der Waals surface area contributed by atoms with Gasteiger partial charge in [0.25, 0.3) is 5.22 Å². The Labute approximate surface area is 191 Å². The number of anilines is 2. The van der Waals surface area contributed by atoms with Gasteiger partial charge in [-0.2, -0.15) is 0 Å². The normalized spacial score (nSPS) is 14.0. The summed E-state index contributed by atoms with van der Waals surface area (Å²) >= 11 is 10.8. The van der Waals surface area contributed by atoms with Crippen LogP contribution < -0.4 is 10.2 Å². The van der Waals surface area contributed by atoms with Gasteiger partial charge < -0.3 is 19.4 Å². The summed E-state index contributed by atoms with van der Waals surface area (Å²) in [7, 11) is 0. The van der Waals surface area contributed by atoms with Gasteiger partial charge in [-0.05, 0) is 46.3 Å². The second-order valence-corrected chi connectivity index (χ2v) is 8.67. The molecule has 0 saturated carbocycles.